The van der Waals surface area contributed by atoms with Gasteiger partial charge in [-0.1, -0.05) is 18.2 Å². The van der Waals surface area contributed by atoms with Crippen molar-refractivity contribution in [2.75, 3.05) is 39.6 Å². The molecule has 1 saturated heterocycles. The third-order valence-corrected chi connectivity index (χ3v) is 6.59. The highest BCUT2D eigenvalue weighted by Crippen LogP contribution is 2.35. The minimum Gasteiger partial charge on any atom is -0.484 e. The molecule has 0 radical (unpaired) electrons. The van der Waals surface area contributed by atoms with Gasteiger partial charge in [-0.3, -0.25) is 4.79 Å². The number of sulfonamides is 1. The lowest BCUT2D eigenvalue weighted by atomic mass is 10.3. The van der Waals surface area contributed by atoms with Crippen LogP contribution in [0.2, 0.25) is 0 Å². The summed E-state index contributed by atoms with van der Waals surface area (Å²) < 4.78 is 42.8. The Labute approximate surface area is 163 Å². The molecule has 0 atom stereocenters. The quantitative estimate of drug-likeness (QED) is 0.747. The average molecular weight is 404 g/mol. The molecule has 0 aromatic heterocycles. The summed E-state index contributed by atoms with van der Waals surface area (Å²) in [6.07, 6.45) is 0. The molecule has 1 fully saturated rings. The first-order chi connectivity index (χ1) is 13.5. The fourth-order valence-corrected chi connectivity index (χ4v) is 4.57. The van der Waals surface area contributed by atoms with Gasteiger partial charge in [-0.05, 0) is 24.3 Å². The van der Waals surface area contributed by atoms with E-state index in [0.717, 1.165) is 0 Å². The van der Waals surface area contributed by atoms with Crippen molar-refractivity contribution < 1.29 is 27.4 Å². The lowest BCUT2D eigenvalue weighted by Crippen LogP contribution is -2.51. The van der Waals surface area contributed by atoms with Crippen LogP contribution >= 0.6 is 0 Å². The van der Waals surface area contributed by atoms with E-state index in [-0.39, 0.29) is 37.3 Å². The molecule has 1 amide bonds. The van der Waals surface area contributed by atoms with Crippen molar-refractivity contribution in [3.8, 4) is 17.2 Å². The van der Waals surface area contributed by atoms with Crippen LogP contribution in [0.15, 0.2) is 53.4 Å². The smallest absolute Gasteiger partial charge is 0.260 e. The number of ether oxygens (including phenoxy) is 3. The van der Waals surface area contributed by atoms with Gasteiger partial charge in [-0.15, -0.1) is 0 Å². The van der Waals surface area contributed by atoms with E-state index < -0.39 is 10.0 Å². The summed E-state index contributed by atoms with van der Waals surface area (Å²) in [4.78, 5) is 14.3. The number of carbonyl (C=O) groups is 1. The van der Waals surface area contributed by atoms with Crippen LogP contribution in [-0.2, 0) is 14.8 Å². The number of rotatable bonds is 5. The molecule has 2 aromatic carbocycles. The maximum Gasteiger partial charge on any atom is 0.260 e. The normalized spacial score (nSPS) is 16.8. The summed E-state index contributed by atoms with van der Waals surface area (Å²) in [5.74, 6) is 1.57. The Balaban J connectivity index is 1.30. The minimum atomic E-state index is -3.53. The van der Waals surface area contributed by atoms with E-state index in [1.807, 2.05) is 0 Å². The summed E-state index contributed by atoms with van der Waals surface area (Å²) in [5.41, 5.74) is 0. The number of hydrogen-bond acceptors (Lipinski definition) is 6. The molecule has 4 rings (SSSR count). The molecule has 28 heavy (non-hydrogen) atoms. The van der Waals surface area contributed by atoms with Gasteiger partial charge in [0, 0.05) is 32.2 Å². The maximum absolute atomic E-state index is 12.6. The Morgan fingerprint density at radius 1 is 0.964 bits per heavy atom. The molecule has 0 saturated carbocycles. The van der Waals surface area contributed by atoms with Crippen molar-refractivity contribution in [1.82, 2.24) is 9.21 Å². The van der Waals surface area contributed by atoms with Gasteiger partial charge in [0.2, 0.25) is 16.8 Å². The zero-order valence-corrected chi connectivity index (χ0v) is 15.9. The largest absolute Gasteiger partial charge is 0.484 e. The second kappa shape index (κ2) is 7.69. The van der Waals surface area contributed by atoms with Crippen LogP contribution in [0, 0.1) is 0 Å². The molecule has 0 unspecified atom stereocenters. The highest BCUT2D eigenvalue weighted by atomic mass is 32.2. The Morgan fingerprint density at radius 2 is 1.68 bits per heavy atom. The first-order valence-corrected chi connectivity index (χ1v) is 10.3. The van der Waals surface area contributed by atoms with E-state index in [0.29, 0.717) is 30.3 Å². The fourth-order valence-electron chi connectivity index (χ4n) is 3.12. The Bertz CT molecular complexity index is 956. The maximum atomic E-state index is 12.6. The number of piperazine rings is 1. The Hall–Kier alpha value is -2.78. The van der Waals surface area contributed by atoms with Gasteiger partial charge in [0.15, 0.2) is 18.1 Å². The number of benzene rings is 2. The molecule has 0 N–H and O–H groups in total. The lowest BCUT2D eigenvalue weighted by Gasteiger charge is -2.33. The minimum absolute atomic E-state index is 0.120. The van der Waals surface area contributed by atoms with Crippen LogP contribution in [-0.4, -0.2) is 63.1 Å². The van der Waals surface area contributed by atoms with Crippen molar-refractivity contribution in [2.24, 2.45) is 0 Å². The molecule has 8 nitrogen and oxygen atoms in total. The van der Waals surface area contributed by atoms with Crippen molar-refractivity contribution in [3.63, 3.8) is 0 Å². The van der Waals surface area contributed by atoms with E-state index in [1.165, 1.54) is 4.31 Å². The molecule has 0 bridgehead atoms. The molecule has 2 heterocycles. The van der Waals surface area contributed by atoms with Gasteiger partial charge in [0.1, 0.15) is 5.75 Å². The highest BCUT2D eigenvalue weighted by molar-refractivity contribution is 7.89. The van der Waals surface area contributed by atoms with Crippen molar-refractivity contribution in [1.29, 1.82) is 0 Å². The molecule has 2 aromatic rings. The number of hydrogen-bond donors (Lipinski definition) is 0. The Kier molecular flexibility index (Phi) is 5.10. The zero-order chi connectivity index (χ0) is 19.6. The average Bonchev–Trinajstić information content (AvgIpc) is 3.20. The summed E-state index contributed by atoms with van der Waals surface area (Å²) in [6, 6.07) is 13.4. The fraction of sp³-hybridized carbons (Fsp3) is 0.316. The summed E-state index contributed by atoms with van der Waals surface area (Å²) in [6.45, 7) is 1.23. The Morgan fingerprint density at radius 3 is 2.43 bits per heavy atom. The topological polar surface area (TPSA) is 85.4 Å². The third kappa shape index (κ3) is 3.76. The van der Waals surface area contributed by atoms with Crippen molar-refractivity contribution >= 4 is 15.9 Å². The van der Waals surface area contributed by atoms with Crippen LogP contribution in [0.1, 0.15) is 0 Å². The molecule has 148 valence electrons. The highest BCUT2D eigenvalue weighted by Gasteiger charge is 2.30. The lowest BCUT2D eigenvalue weighted by molar-refractivity contribution is -0.134. The third-order valence-electron chi connectivity index (χ3n) is 4.68. The second-order valence-corrected chi connectivity index (χ2v) is 8.34. The summed E-state index contributed by atoms with van der Waals surface area (Å²) in [7, 11) is -3.53. The second-order valence-electron chi connectivity index (χ2n) is 6.40. The molecule has 2 aliphatic heterocycles. The SMILES string of the molecule is O=C(COc1ccc2c(c1)OCO2)N1CCN(S(=O)(=O)c2ccccc2)CC1. The van der Waals surface area contributed by atoms with Gasteiger partial charge in [0.25, 0.3) is 5.91 Å². The molecule has 9 heteroatoms. The molecule has 0 aliphatic carbocycles. The number of fused-ring (bicyclic) bond motifs is 1. The standard InChI is InChI=1S/C19H20N2O6S/c22-19(13-25-15-6-7-17-18(12-15)27-14-26-17)20-8-10-21(11-9-20)28(23,24)16-4-2-1-3-5-16/h1-7,12H,8-11,13-14H2. The van der Waals surface area contributed by atoms with Crippen molar-refractivity contribution in [3.05, 3.63) is 48.5 Å². The van der Waals surface area contributed by atoms with Crippen LogP contribution in [0.25, 0.3) is 0 Å². The van der Waals surface area contributed by atoms with Crippen molar-refractivity contribution in [2.45, 2.75) is 4.90 Å². The molecule has 0 spiro atoms. The van der Waals surface area contributed by atoms with Gasteiger partial charge in [0.05, 0.1) is 4.90 Å². The number of carbonyl (C=O) groups excluding carboxylic acids is 1. The van der Waals surface area contributed by atoms with Gasteiger partial charge in [-0.25, -0.2) is 8.42 Å². The van der Waals surface area contributed by atoms with Crippen LogP contribution in [0.3, 0.4) is 0 Å². The number of nitrogens with zero attached hydrogens (tertiary/aromatic N) is 2. The van der Waals surface area contributed by atoms with Gasteiger partial charge in [-0.2, -0.15) is 4.31 Å². The van der Waals surface area contributed by atoms with E-state index in [2.05, 4.69) is 0 Å². The predicted molar refractivity (Wildman–Crippen MR) is 99.8 cm³/mol. The summed E-state index contributed by atoms with van der Waals surface area (Å²) >= 11 is 0. The zero-order valence-electron chi connectivity index (χ0n) is 15.1. The predicted octanol–water partition coefficient (Wildman–Crippen LogP) is 1.33. The van der Waals surface area contributed by atoms with Crippen LogP contribution in [0.4, 0.5) is 0 Å². The monoisotopic (exact) mass is 404 g/mol. The first kappa shape index (κ1) is 18.6. The van der Waals surface area contributed by atoms with E-state index in [9.17, 15) is 13.2 Å². The summed E-state index contributed by atoms with van der Waals surface area (Å²) in [5, 5.41) is 0. The molecular weight excluding hydrogens is 384 g/mol. The van der Waals surface area contributed by atoms with Gasteiger partial charge >= 0.3 is 0 Å². The first-order valence-electron chi connectivity index (χ1n) is 8.89. The van der Waals surface area contributed by atoms with Gasteiger partial charge < -0.3 is 19.1 Å². The van der Waals surface area contributed by atoms with Crippen LogP contribution in [0.5, 0.6) is 17.2 Å². The molecule has 2 aliphatic rings. The van der Waals surface area contributed by atoms with E-state index in [1.54, 1.807) is 53.4 Å². The number of amides is 1. The van der Waals surface area contributed by atoms with E-state index in [4.69, 9.17) is 14.2 Å². The van der Waals surface area contributed by atoms with E-state index >= 15 is 0 Å². The van der Waals surface area contributed by atoms with Crippen LogP contribution < -0.4 is 14.2 Å². The molecular formula is C19H20N2O6S.